The number of nitrogens with one attached hydrogen (secondary N) is 1. The molecule has 1 unspecified atom stereocenters. The van der Waals surface area contributed by atoms with Gasteiger partial charge in [-0.2, -0.15) is 15.0 Å². The van der Waals surface area contributed by atoms with E-state index in [1.807, 2.05) is 0 Å². The molecule has 1 aromatic carbocycles. The molecule has 0 spiro atoms. The van der Waals surface area contributed by atoms with Gasteiger partial charge in [-0.25, -0.2) is 0 Å². The zero-order valence-electron chi connectivity index (χ0n) is 13.0. The molecule has 1 N–H and O–H groups in total. The van der Waals surface area contributed by atoms with Crippen molar-refractivity contribution in [2.75, 3.05) is 0 Å². The van der Waals surface area contributed by atoms with Crippen molar-refractivity contribution in [3.63, 3.8) is 0 Å². The smallest absolute Gasteiger partial charge is 0.251 e. The fourth-order valence-electron chi connectivity index (χ4n) is 2.29. The Kier molecular flexibility index (Phi) is 4.27. The molecule has 3 aromatic rings. The first kappa shape index (κ1) is 15.1. The van der Waals surface area contributed by atoms with Crippen molar-refractivity contribution in [3.05, 3.63) is 48.5 Å². The van der Waals surface area contributed by atoms with E-state index in [1.54, 1.807) is 47.8 Å². The zero-order valence-corrected chi connectivity index (χ0v) is 13.0. The summed E-state index contributed by atoms with van der Waals surface area (Å²) in [7, 11) is 0. The molecule has 3 rings (SSSR count). The molecule has 118 valence electrons. The highest BCUT2D eigenvalue weighted by Gasteiger charge is 2.18. The van der Waals surface area contributed by atoms with Crippen LogP contribution in [0.4, 0.5) is 0 Å². The van der Waals surface area contributed by atoms with Crippen molar-refractivity contribution >= 4 is 16.9 Å². The number of aromatic nitrogens is 5. The minimum Gasteiger partial charge on any atom is -0.347 e. The first-order valence-electron chi connectivity index (χ1n) is 7.49. The number of benzene rings is 1. The molecule has 0 bridgehead atoms. The lowest BCUT2D eigenvalue weighted by atomic mass is 10.0. The van der Waals surface area contributed by atoms with E-state index in [0.717, 1.165) is 5.52 Å². The Hall–Kier alpha value is -2.83. The Morgan fingerprint density at radius 3 is 2.48 bits per heavy atom. The average molecular weight is 310 g/mol. The van der Waals surface area contributed by atoms with Crippen molar-refractivity contribution in [1.29, 1.82) is 0 Å². The molecule has 1 amide bonds. The van der Waals surface area contributed by atoms with Crippen LogP contribution < -0.4 is 5.32 Å². The van der Waals surface area contributed by atoms with E-state index in [4.69, 9.17) is 0 Å². The molecule has 0 saturated heterocycles. The van der Waals surface area contributed by atoms with Crippen LogP contribution in [0.5, 0.6) is 0 Å². The van der Waals surface area contributed by atoms with Crippen LogP contribution in [0.25, 0.3) is 11.0 Å². The summed E-state index contributed by atoms with van der Waals surface area (Å²) >= 11 is 0. The van der Waals surface area contributed by atoms with E-state index in [2.05, 4.69) is 39.3 Å². The number of nitrogens with zero attached hydrogens (tertiary/aromatic N) is 5. The summed E-state index contributed by atoms with van der Waals surface area (Å²) in [5, 5.41) is 11.2. The van der Waals surface area contributed by atoms with Gasteiger partial charge in [-0.15, -0.1) is 0 Å². The third-order valence-electron chi connectivity index (χ3n) is 3.68. The van der Waals surface area contributed by atoms with Crippen LogP contribution >= 0.6 is 0 Å². The van der Waals surface area contributed by atoms with Gasteiger partial charge in [-0.3, -0.25) is 14.8 Å². The van der Waals surface area contributed by atoms with Crippen LogP contribution in [-0.2, 0) is 6.54 Å². The first-order chi connectivity index (χ1) is 11.1. The van der Waals surface area contributed by atoms with Crippen LogP contribution in [-0.4, -0.2) is 36.9 Å². The number of fused-ring (bicyclic) bond motifs is 1. The van der Waals surface area contributed by atoms with E-state index in [1.165, 1.54) is 0 Å². The molecule has 0 fully saturated rings. The second-order valence-electron chi connectivity index (χ2n) is 5.67. The van der Waals surface area contributed by atoms with Gasteiger partial charge < -0.3 is 5.32 Å². The molecule has 7 nitrogen and oxygen atoms in total. The van der Waals surface area contributed by atoms with Crippen molar-refractivity contribution < 1.29 is 4.79 Å². The summed E-state index contributed by atoms with van der Waals surface area (Å²) in [6.07, 6.45) is 6.50. The SMILES string of the molecule is CC(C)C(Cn1nccn1)NC(=O)c1ccc2nccnc2c1. The molecule has 0 aliphatic heterocycles. The lowest BCUT2D eigenvalue weighted by Gasteiger charge is -2.21. The second kappa shape index (κ2) is 6.51. The minimum absolute atomic E-state index is 0.0625. The average Bonchev–Trinajstić information content (AvgIpc) is 3.06. The predicted octanol–water partition coefficient (Wildman–Crippen LogP) is 1.68. The van der Waals surface area contributed by atoms with Gasteiger partial charge in [0.2, 0.25) is 0 Å². The maximum Gasteiger partial charge on any atom is 0.251 e. The summed E-state index contributed by atoms with van der Waals surface area (Å²) < 4.78 is 0. The van der Waals surface area contributed by atoms with Crippen LogP contribution in [0.2, 0.25) is 0 Å². The van der Waals surface area contributed by atoms with Gasteiger partial charge in [0, 0.05) is 18.0 Å². The molecule has 0 saturated carbocycles. The number of carbonyl (C=O) groups is 1. The molecule has 0 aliphatic carbocycles. The third kappa shape index (κ3) is 3.50. The summed E-state index contributed by atoms with van der Waals surface area (Å²) in [6.45, 7) is 4.64. The first-order valence-corrected chi connectivity index (χ1v) is 7.49. The molecule has 0 aliphatic rings. The summed E-state index contributed by atoms with van der Waals surface area (Å²) in [4.78, 5) is 22.5. The maximum atomic E-state index is 12.5. The van der Waals surface area contributed by atoms with Crippen molar-refractivity contribution in [3.8, 4) is 0 Å². The van der Waals surface area contributed by atoms with E-state index in [0.29, 0.717) is 17.6 Å². The van der Waals surface area contributed by atoms with Crippen molar-refractivity contribution in [2.24, 2.45) is 5.92 Å². The van der Waals surface area contributed by atoms with Crippen LogP contribution in [0.1, 0.15) is 24.2 Å². The van der Waals surface area contributed by atoms with Crippen molar-refractivity contribution in [1.82, 2.24) is 30.3 Å². The van der Waals surface area contributed by atoms with E-state index in [9.17, 15) is 4.79 Å². The largest absolute Gasteiger partial charge is 0.347 e. The summed E-state index contributed by atoms with van der Waals surface area (Å²) in [6, 6.07) is 5.25. The van der Waals surface area contributed by atoms with Crippen LogP contribution in [0.15, 0.2) is 43.0 Å². The van der Waals surface area contributed by atoms with E-state index < -0.39 is 0 Å². The number of amides is 1. The Bertz CT molecular complexity index is 799. The standard InChI is InChI=1S/C16H18N6O/c1-11(2)15(10-22-19-7-8-20-22)21-16(23)12-3-4-13-14(9-12)18-6-5-17-13/h3-9,11,15H,10H2,1-2H3,(H,21,23). The van der Waals surface area contributed by atoms with Gasteiger partial charge in [0.25, 0.3) is 5.91 Å². The van der Waals surface area contributed by atoms with Crippen molar-refractivity contribution in [2.45, 2.75) is 26.4 Å². The monoisotopic (exact) mass is 310 g/mol. The normalized spacial score (nSPS) is 12.5. The van der Waals surface area contributed by atoms with Crippen LogP contribution in [0, 0.1) is 5.92 Å². The number of hydrogen-bond donors (Lipinski definition) is 1. The molecular formula is C16H18N6O. The predicted molar refractivity (Wildman–Crippen MR) is 85.7 cm³/mol. The molecule has 2 heterocycles. The molecule has 2 aromatic heterocycles. The van der Waals surface area contributed by atoms with Gasteiger partial charge in [0.1, 0.15) is 0 Å². The molecule has 0 radical (unpaired) electrons. The van der Waals surface area contributed by atoms with E-state index in [-0.39, 0.29) is 17.9 Å². The lowest BCUT2D eigenvalue weighted by molar-refractivity contribution is 0.0918. The minimum atomic E-state index is -0.136. The maximum absolute atomic E-state index is 12.5. The van der Waals surface area contributed by atoms with Gasteiger partial charge in [0.05, 0.1) is 36.0 Å². The van der Waals surface area contributed by atoms with Gasteiger partial charge in [0.15, 0.2) is 0 Å². The molecule has 1 atom stereocenters. The highest BCUT2D eigenvalue weighted by atomic mass is 16.1. The number of rotatable bonds is 5. The zero-order chi connectivity index (χ0) is 16.2. The second-order valence-corrected chi connectivity index (χ2v) is 5.67. The Morgan fingerprint density at radius 1 is 1.09 bits per heavy atom. The summed E-state index contributed by atoms with van der Waals surface area (Å²) in [5.74, 6) is 0.119. The van der Waals surface area contributed by atoms with Gasteiger partial charge in [-0.1, -0.05) is 13.8 Å². The van der Waals surface area contributed by atoms with Crippen LogP contribution in [0.3, 0.4) is 0 Å². The Labute approximate surface area is 133 Å². The highest BCUT2D eigenvalue weighted by molar-refractivity contribution is 5.97. The number of hydrogen-bond acceptors (Lipinski definition) is 5. The lowest BCUT2D eigenvalue weighted by Crippen LogP contribution is -2.42. The third-order valence-corrected chi connectivity index (χ3v) is 3.68. The molecule has 7 heteroatoms. The fourth-order valence-corrected chi connectivity index (χ4v) is 2.29. The number of carbonyl (C=O) groups excluding carboxylic acids is 1. The Morgan fingerprint density at radius 2 is 1.78 bits per heavy atom. The topological polar surface area (TPSA) is 85.6 Å². The van der Waals surface area contributed by atoms with Gasteiger partial charge in [-0.05, 0) is 24.1 Å². The fraction of sp³-hybridized carbons (Fsp3) is 0.312. The Balaban J connectivity index is 1.77. The highest BCUT2D eigenvalue weighted by Crippen LogP contribution is 2.12. The quantitative estimate of drug-likeness (QED) is 0.775. The molecule has 23 heavy (non-hydrogen) atoms. The van der Waals surface area contributed by atoms with Gasteiger partial charge >= 0.3 is 0 Å². The molecular weight excluding hydrogens is 292 g/mol. The van der Waals surface area contributed by atoms with E-state index >= 15 is 0 Å². The summed E-state index contributed by atoms with van der Waals surface area (Å²) in [5.41, 5.74) is 2.04.